The number of rotatable bonds is 12. The number of nitrogens with two attached hydrogens (primary N) is 1. The summed E-state index contributed by atoms with van der Waals surface area (Å²) in [5.74, 6) is -0.938. The SMILES string of the molecule is COCCCn1c(=O)oc2ccc(-c3ccc(CC(C=O)(CN)NC(=O)C4(NC(=O)OC(C)(C)C)CCOCC4)cc3)cc21. The lowest BCUT2D eigenvalue weighted by Gasteiger charge is -2.39. The van der Waals surface area contributed by atoms with Crippen molar-refractivity contribution in [3.63, 3.8) is 0 Å². The average Bonchev–Trinajstić information content (AvgIpc) is 3.30. The maximum atomic E-state index is 13.7. The zero-order valence-electron chi connectivity index (χ0n) is 25.8. The van der Waals surface area contributed by atoms with Crippen molar-refractivity contribution in [1.82, 2.24) is 15.2 Å². The summed E-state index contributed by atoms with van der Waals surface area (Å²) in [5.41, 5.74) is 6.35. The number of methoxy groups -OCH3 is 1. The van der Waals surface area contributed by atoms with Gasteiger partial charge in [-0.25, -0.2) is 9.59 Å². The summed E-state index contributed by atoms with van der Waals surface area (Å²) in [7, 11) is 1.62. The van der Waals surface area contributed by atoms with Gasteiger partial charge in [-0.2, -0.15) is 0 Å². The minimum Gasteiger partial charge on any atom is -0.444 e. The molecule has 0 radical (unpaired) electrons. The van der Waals surface area contributed by atoms with Gasteiger partial charge in [0.2, 0.25) is 5.91 Å². The van der Waals surface area contributed by atoms with Gasteiger partial charge < -0.3 is 39.8 Å². The van der Waals surface area contributed by atoms with Crippen molar-refractivity contribution < 1.29 is 33.0 Å². The first-order valence-corrected chi connectivity index (χ1v) is 14.7. The molecule has 4 N–H and O–H groups in total. The maximum Gasteiger partial charge on any atom is 0.419 e. The first-order valence-electron chi connectivity index (χ1n) is 14.7. The Balaban J connectivity index is 1.52. The van der Waals surface area contributed by atoms with Crippen molar-refractivity contribution in [2.45, 2.75) is 69.7 Å². The van der Waals surface area contributed by atoms with Crippen LogP contribution in [0.15, 0.2) is 51.7 Å². The van der Waals surface area contributed by atoms with E-state index in [1.165, 1.54) is 0 Å². The van der Waals surface area contributed by atoms with Crippen LogP contribution >= 0.6 is 0 Å². The van der Waals surface area contributed by atoms with Gasteiger partial charge in [-0.3, -0.25) is 9.36 Å². The van der Waals surface area contributed by atoms with Crippen LogP contribution in [0.25, 0.3) is 22.2 Å². The molecule has 1 aliphatic rings. The number of carbonyl (C=O) groups is 3. The van der Waals surface area contributed by atoms with Crippen LogP contribution in [0.4, 0.5) is 4.79 Å². The molecule has 4 rings (SSSR count). The normalized spacial score (nSPS) is 16.2. The third-order valence-electron chi connectivity index (χ3n) is 7.68. The molecule has 3 aromatic rings. The quantitative estimate of drug-likeness (QED) is 0.207. The summed E-state index contributed by atoms with van der Waals surface area (Å²) in [6.07, 6.45) is 1.16. The fourth-order valence-electron chi connectivity index (χ4n) is 5.26. The van der Waals surface area contributed by atoms with Crippen molar-refractivity contribution in [2.24, 2.45) is 5.73 Å². The number of nitrogens with zero attached hydrogens (tertiary/aromatic N) is 1. The number of amides is 2. The number of alkyl carbamates (subject to hydrolysis) is 1. The zero-order chi connectivity index (χ0) is 32.0. The van der Waals surface area contributed by atoms with Gasteiger partial charge in [-0.15, -0.1) is 0 Å². The molecule has 0 saturated carbocycles. The highest BCUT2D eigenvalue weighted by molar-refractivity contribution is 5.93. The molecule has 0 aliphatic carbocycles. The van der Waals surface area contributed by atoms with E-state index >= 15 is 0 Å². The predicted octanol–water partition coefficient (Wildman–Crippen LogP) is 2.93. The molecule has 1 saturated heterocycles. The third-order valence-corrected chi connectivity index (χ3v) is 7.68. The van der Waals surface area contributed by atoms with E-state index in [9.17, 15) is 19.2 Å². The Morgan fingerprint density at radius 3 is 2.39 bits per heavy atom. The van der Waals surface area contributed by atoms with E-state index in [1.54, 1.807) is 38.5 Å². The van der Waals surface area contributed by atoms with E-state index in [0.717, 1.165) is 16.7 Å². The minimum atomic E-state index is -1.41. The van der Waals surface area contributed by atoms with E-state index < -0.39 is 34.4 Å². The highest BCUT2D eigenvalue weighted by atomic mass is 16.6. The fraction of sp³-hybridized carbons (Fsp3) is 0.500. The van der Waals surface area contributed by atoms with Gasteiger partial charge in [0.25, 0.3) is 0 Å². The van der Waals surface area contributed by atoms with E-state index in [0.29, 0.717) is 37.0 Å². The summed E-state index contributed by atoms with van der Waals surface area (Å²) in [5, 5.41) is 5.58. The topological polar surface area (TPSA) is 164 Å². The number of hydrogen-bond donors (Lipinski definition) is 3. The zero-order valence-corrected chi connectivity index (χ0v) is 25.8. The molecule has 2 amide bonds. The molecule has 2 heterocycles. The predicted molar refractivity (Wildman–Crippen MR) is 164 cm³/mol. The Bertz CT molecular complexity index is 1520. The number of hydrogen-bond acceptors (Lipinski definition) is 9. The van der Waals surface area contributed by atoms with E-state index in [1.807, 2.05) is 36.4 Å². The summed E-state index contributed by atoms with van der Waals surface area (Å²) in [6.45, 7) is 6.58. The smallest absolute Gasteiger partial charge is 0.419 e. The van der Waals surface area contributed by atoms with Crippen LogP contribution in [0, 0.1) is 0 Å². The maximum absolute atomic E-state index is 13.7. The molecule has 0 bridgehead atoms. The first kappa shape index (κ1) is 32.9. The second-order valence-corrected chi connectivity index (χ2v) is 12.2. The van der Waals surface area contributed by atoms with Gasteiger partial charge in [-0.05, 0) is 56.0 Å². The van der Waals surface area contributed by atoms with Crippen LogP contribution < -0.4 is 22.1 Å². The number of fused-ring (bicyclic) bond motifs is 1. The number of ether oxygens (including phenoxy) is 3. The Hall–Kier alpha value is -4.00. The molecule has 1 aliphatic heterocycles. The molecule has 1 aromatic heterocycles. The van der Waals surface area contributed by atoms with E-state index in [4.69, 9.17) is 24.4 Å². The van der Waals surface area contributed by atoms with Gasteiger partial charge >= 0.3 is 11.8 Å². The van der Waals surface area contributed by atoms with Crippen molar-refractivity contribution >= 4 is 29.4 Å². The van der Waals surface area contributed by atoms with Crippen LogP contribution in [0.3, 0.4) is 0 Å². The third kappa shape index (κ3) is 7.74. The molecule has 12 nitrogen and oxygen atoms in total. The molecule has 1 unspecified atom stereocenters. The van der Waals surface area contributed by atoms with Crippen LogP contribution in [-0.4, -0.2) is 73.0 Å². The van der Waals surface area contributed by atoms with Gasteiger partial charge in [0.1, 0.15) is 23.0 Å². The van der Waals surface area contributed by atoms with Gasteiger partial charge in [0, 0.05) is 59.3 Å². The average molecular weight is 611 g/mol. The number of aryl methyl sites for hydroxylation is 1. The molecule has 12 heteroatoms. The Morgan fingerprint density at radius 2 is 1.77 bits per heavy atom. The number of benzene rings is 2. The summed E-state index contributed by atoms with van der Waals surface area (Å²) >= 11 is 0. The Kier molecular flexibility index (Phi) is 10.3. The van der Waals surface area contributed by atoms with Crippen molar-refractivity contribution in [2.75, 3.05) is 33.5 Å². The lowest BCUT2D eigenvalue weighted by atomic mass is 9.85. The van der Waals surface area contributed by atoms with Gasteiger partial charge in [-0.1, -0.05) is 30.3 Å². The summed E-state index contributed by atoms with van der Waals surface area (Å²) in [6, 6.07) is 13.1. The van der Waals surface area contributed by atoms with E-state index in [2.05, 4.69) is 10.6 Å². The van der Waals surface area contributed by atoms with E-state index in [-0.39, 0.29) is 39.0 Å². The minimum absolute atomic E-state index is 0.137. The second-order valence-electron chi connectivity index (χ2n) is 12.2. The molecule has 238 valence electrons. The largest absolute Gasteiger partial charge is 0.444 e. The molecule has 1 fully saturated rings. The monoisotopic (exact) mass is 610 g/mol. The van der Waals surface area contributed by atoms with Crippen LogP contribution in [-0.2, 0) is 36.8 Å². The van der Waals surface area contributed by atoms with Crippen LogP contribution in [0.2, 0.25) is 0 Å². The second kappa shape index (κ2) is 13.7. The summed E-state index contributed by atoms with van der Waals surface area (Å²) in [4.78, 5) is 51.2. The number of oxazole rings is 1. The van der Waals surface area contributed by atoms with Gasteiger partial charge in [0.05, 0.1) is 5.52 Å². The first-order chi connectivity index (χ1) is 20.9. The van der Waals surface area contributed by atoms with Gasteiger partial charge in [0.15, 0.2) is 5.58 Å². The lowest BCUT2D eigenvalue weighted by molar-refractivity contribution is -0.135. The molecular formula is C32H42N4O8. The fourth-order valence-corrected chi connectivity index (χ4v) is 5.26. The Morgan fingerprint density at radius 1 is 1.09 bits per heavy atom. The molecule has 2 aromatic carbocycles. The van der Waals surface area contributed by atoms with Crippen molar-refractivity contribution in [3.8, 4) is 11.1 Å². The highest BCUT2D eigenvalue weighted by Crippen LogP contribution is 2.27. The van der Waals surface area contributed by atoms with Crippen LogP contribution in [0.1, 0.15) is 45.6 Å². The highest BCUT2D eigenvalue weighted by Gasteiger charge is 2.45. The standard InChI is InChI=1S/C32H42N4O8/c1-30(2,3)44-28(39)35-32(12-16-42-17-13-32)27(38)34-31(20-33,21-37)19-22-6-8-23(9-7-22)24-10-11-26-25(18-24)36(29(40)43-26)14-5-15-41-4/h6-11,18,21H,5,12-17,19-20,33H2,1-4H3,(H,34,38)(H,35,39). The molecule has 0 spiro atoms. The van der Waals surface area contributed by atoms with Crippen molar-refractivity contribution in [1.29, 1.82) is 0 Å². The Labute approximate surface area is 256 Å². The number of carbonyl (C=O) groups excluding carboxylic acids is 3. The molecule has 44 heavy (non-hydrogen) atoms. The van der Waals surface area contributed by atoms with Crippen molar-refractivity contribution in [3.05, 3.63) is 58.6 Å². The molecule has 1 atom stereocenters. The summed E-state index contributed by atoms with van der Waals surface area (Å²) < 4.78 is 22.9. The lowest BCUT2D eigenvalue weighted by Crippen LogP contribution is -2.67. The number of aromatic nitrogens is 1. The van der Waals surface area contributed by atoms with Crippen LogP contribution in [0.5, 0.6) is 0 Å². The number of aldehydes is 1. The number of nitrogens with one attached hydrogen (secondary N) is 2. The molecular weight excluding hydrogens is 568 g/mol.